The Kier molecular flexibility index (Phi) is 2.72. The lowest BCUT2D eigenvalue weighted by Gasteiger charge is -2.32. The van der Waals surface area contributed by atoms with E-state index in [-0.39, 0.29) is 10.8 Å². The third-order valence-electron chi connectivity index (χ3n) is 5.28. The second-order valence-electron chi connectivity index (χ2n) is 7.48. The van der Waals surface area contributed by atoms with Gasteiger partial charge in [0.1, 0.15) is 0 Å². The van der Waals surface area contributed by atoms with Crippen molar-refractivity contribution in [1.82, 2.24) is 0 Å². The monoisotopic (exact) mass is 246 g/mol. The van der Waals surface area contributed by atoms with E-state index in [2.05, 4.69) is 52.8 Å². The fourth-order valence-corrected chi connectivity index (χ4v) is 3.39. The van der Waals surface area contributed by atoms with Crippen LogP contribution in [0.15, 0.2) is 18.2 Å². The molecule has 1 atom stereocenters. The molecule has 0 heterocycles. The second-order valence-corrected chi connectivity index (χ2v) is 7.48. The molecular formula is C17H26O. The molecule has 0 fully saturated rings. The minimum atomic E-state index is -0.763. The molecule has 1 aliphatic carbocycles. The van der Waals surface area contributed by atoms with Gasteiger partial charge in [0.2, 0.25) is 0 Å². The van der Waals surface area contributed by atoms with Gasteiger partial charge in [0, 0.05) is 0 Å². The van der Waals surface area contributed by atoms with E-state index in [0.717, 1.165) is 5.56 Å². The average molecular weight is 246 g/mol. The van der Waals surface area contributed by atoms with Crippen molar-refractivity contribution in [3.8, 4) is 0 Å². The maximum Gasteiger partial charge on any atom is 0.0840 e. The van der Waals surface area contributed by atoms with Crippen molar-refractivity contribution < 1.29 is 5.11 Å². The second kappa shape index (κ2) is 3.60. The van der Waals surface area contributed by atoms with Crippen molar-refractivity contribution in [1.29, 1.82) is 0 Å². The van der Waals surface area contributed by atoms with Gasteiger partial charge in [-0.2, -0.15) is 0 Å². The Balaban J connectivity index is 2.66. The fourth-order valence-electron chi connectivity index (χ4n) is 3.39. The zero-order valence-corrected chi connectivity index (χ0v) is 12.8. The van der Waals surface area contributed by atoms with Gasteiger partial charge in [-0.1, -0.05) is 52.8 Å². The molecule has 0 unspecified atom stereocenters. The van der Waals surface area contributed by atoms with Crippen molar-refractivity contribution >= 4 is 0 Å². The van der Waals surface area contributed by atoms with Gasteiger partial charge in [0.15, 0.2) is 0 Å². The highest BCUT2D eigenvalue weighted by atomic mass is 16.3. The molecule has 0 saturated heterocycles. The van der Waals surface area contributed by atoms with Crippen molar-refractivity contribution in [2.75, 3.05) is 0 Å². The van der Waals surface area contributed by atoms with E-state index in [4.69, 9.17) is 0 Å². The Labute approximate surface area is 111 Å². The van der Waals surface area contributed by atoms with Crippen LogP contribution in [-0.2, 0) is 16.4 Å². The first kappa shape index (κ1) is 13.6. The van der Waals surface area contributed by atoms with Crippen molar-refractivity contribution in [3.05, 3.63) is 34.9 Å². The molecule has 1 heteroatoms. The van der Waals surface area contributed by atoms with Gasteiger partial charge in [-0.15, -0.1) is 0 Å². The molecule has 0 bridgehead atoms. The number of fused-ring (bicyclic) bond motifs is 1. The maximum atomic E-state index is 10.2. The topological polar surface area (TPSA) is 20.2 Å². The molecule has 2 rings (SSSR count). The van der Waals surface area contributed by atoms with Gasteiger partial charge in [0.05, 0.1) is 5.60 Å². The molecule has 1 aliphatic rings. The Morgan fingerprint density at radius 2 is 1.50 bits per heavy atom. The Hall–Kier alpha value is -0.820. The summed E-state index contributed by atoms with van der Waals surface area (Å²) >= 11 is 0. The lowest BCUT2D eigenvalue weighted by molar-refractivity contribution is 0.0784. The van der Waals surface area contributed by atoms with Crippen molar-refractivity contribution in [2.24, 2.45) is 5.92 Å². The number of benzene rings is 1. The first-order valence-corrected chi connectivity index (χ1v) is 6.87. The predicted molar refractivity (Wildman–Crippen MR) is 76.9 cm³/mol. The summed E-state index contributed by atoms with van der Waals surface area (Å²) in [6.45, 7) is 15.3. The van der Waals surface area contributed by atoms with Gasteiger partial charge >= 0.3 is 0 Å². The fraction of sp³-hybridized carbons (Fsp3) is 0.647. The van der Waals surface area contributed by atoms with Gasteiger partial charge in [0.25, 0.3) is 0 Å². The molecule has 0 aliphatic heterocycles. The van der Waals surface area contributed by atoms with Crippen LogP contribution in [0.5, 0.6) is 0 Å². The molecule has 0 spiro atoms. The molecule has 1 nitrogen and oxygen atoms in total. The van der Waals surface area contributed by atoms with Crippen LogP contribution >= 0.6 is 0 Å². The zero-order chi connectivity index (χ0) is 13.9. The third kappa shape index (κ3) is 1.72. The van der Waals surface area contributed by atoms with Gasteiger partial charge in [-0.25, -0.2) is 0 Å². The summed E-state index contributed by atoms with van der Waals surface area (Å²) in [4.78, 5) is 0. The molecule has 0 amide bonds. The van der Waals surface area contributed by atoms with Crippen molar-refractivity contribution in [3.63, 3.8) is 0 Å². The minimum Gasteiger partial charge on any atom is -0.386 e. The lowest BCUT2D eigenvalue weighted by Crippen LogP contribution is -2.30. The predicted octanol–water partition coefficient (Wildman–Crippen LogP) is 4.12. The Morgan fingerprint density at radius 3 is 2.00 bits per heavy atom. The Bertz CT molecular complexity index is 475. The first-order valence-electron chi connectivity index (χ1n) is 6.87. The average Bonchev–Trinajstić information content (AvgIpc) is 2.37. The van der Waals surface area contributed by atoms with Crippen LogP contribution in [0.3, 0.4) is 0 Å². The van der Waals surface area contributed by atoms with Gasteiger partial charge in [-0.05, 0) is 47.3 Å². The summed E-state index contributed by atoms with van der Waals surface area (Å²) in [6.07, 6.45) is 0. The summed E-state index contributed by atoms with van der Waals surface area (Å²) < 4.78 is 0. The molecule has 0 radical (unpaired) electrons. The quantitative estimate of drug-likeness (QED) is 0.790. The van der Waals surface area contributed by atoms with Crippen molar-refractivity contribution in [2.45, 2.75) is 64.9 Å². The molecule has 0 saturated carbocycles. The molecule has 100 valence electrons. The van der Waals surface area contributed by atoms with Crippen LogP contribution in [0.25, 0.3) is 0 Å². The largest absolute Gasteiger partial charge is 0.386 e. The van der Waals surface area contributed by atoms with E-state index in [9.17, 15) is 5.11 Å². The zero-order valence-electron chi connectivity index (χ0n) is 12.8. The van der Waals surface area contributed by atoms with E-state index in [0.29, 0.717) is 5.92 Å². The minimum absolute atomic E-state index is 0.167. The molecular weight excluding hydrogens is 220 g/mol. The van der Waals surface area contributed by atoms with Gasteiger partial charge < -0.3 is 5.11 Å². The number of hydrogen-bond acceptors (Lipinski definition) is 1. The normalized spacial score (nSPS) is 25.0. The van der Waals surface area contributed by atoms with Crippen LogP contribution in [-0.4, -0.2) is 5.11 Å². The van der Waals surface area contributed by atoms with Crippen LogP contribution in [0.1, 0.15) is 65.2 Å². The van der Waals surface area contributed by atoms with Crippen LogP contribution in [0, 0.1) is 5.92 Å². The number of hydrogen-bond donors (Lipinski definition) is 1. The number of aliphatic hydroxyl groups is 1. The summed E-state index contributed by atoms with van der Waals surface area (Å²) in [5, 5.41) is 10.2. The molecule has 1 N–H and O–H groups in total. The van der Waals surface area contributed by atoms with E-state index < -0.39 is 5.60 Å². The molecule has 0 aromatic heterocycles. The third-order valence-corrected chi connectivity index (χ3v) is 5.28. The molecule has 18 heavy (non-hydrogen) atoms. The molecule has 1 aromatic rings. The summed E-state index contributed by atoms with van der Waals surface area (Å²) in [7, 11) is 0. The first-order chi connectivity index (χ1) is 7.99. The summed E-state index contributed by atoms with van der Waals surface area (Å²) in [6, 6.07) is 6.50. The van der Waals surface area contributed by atoms with Crippen LogP contribution < -0.4 is 0 Å². The SMILES string of the molecule is C[C@H]1C(C)(C)c2ccc(C(C)(C)O)cc2C1(C)C. The maximum absolute atomic E-state index is 10.2. The smallest absolute Gasteiger partial charge is 0.0840 e. The summed E-state index contributed by atoms with van der Waals surface area (Å²) in [5.74, 6) is 0.594. The van der Waals surface area contributed by atoms with E-state index in [1.54, 1.807) is 0 Å². The summed E-state index contributed by atoms with van der Waals surface area (Å²) in [5.41, 5.74) is 3.46. The van der Waals surface area contributed by atoms with Crippen LogP contribution in [0.2, 0.25) is 0 Å². The standard InChI is InChI=1S/C17H26O/c1-11-15(2,3)13-9-8-12(17(6,7)18)10-14(13)16(11,4)5/h8-11,18H,1-7H3/t11-/m0/s1. The number of rotatable bonds is 1. The highest BCUT2D eigenvalue weighted by molar-refractivity contribution is 5.48. The van der Waals surface area contributed by atoms with E-state index in [1.165, 1.54) is 11.1 Å². The Morgan fingerprint density at radius 1 is 1.00 bits per heavy atom. The van der Waals surface area contributed by atoms with Gasteiger partial charge in [-0.3, -0.25) is 0 Å². The van der Waals surface area contributed by atoms with E-state index in [1.807, 2.05) is 13.8 Å². The van der Waals surface area contributed by atoms with Crippen LogP contribution in [0.4, 0.5) is 0 Å². The highest BCUT2D eigenvalue weighted by Crippen LogP contribution is 2.53. The molecule has 1 aromatic carbocycles. The highest BCUT2D eigenvalue weighted by Gasteiger charge is 2.48. The van der Waals surface area contributed by atoms with E-state index >= 15 is 0 Å². The lowest BCUT2D eigenvalue weighted by atomic mass is 9.71.